The number of rotatable bonds is 6. The predicted octanol–water partition coefficient (Wildman–Crippen LogP) is 16.9. The molecule has 3 heteroatoms. The summed E-state index contributed by atoms with van der Waals surface area (Å²) in [5.74, 6) is 0. The summed E-state index contributed by atoms with van der Waals surface area (Å²) in [5, 5.41) is 0. The number of hydrogen-bond donors (Lipinski definition) is 0. The Labute approximate surface area is 415 Å². The van der Waals surface area contributed by atoms with Crippen LogP contribution in [0.2, 0.25) is 0 Å². The van der Waals surface area contributed by atoms with Crippen LogP contribution in [-0.2, 0) is 65.2 Å². The fourth-order valence-corrected chi connectivity index (χ4v) is 9.26. The molecule has 6 aromatic rings. The number of fused-ring (bicyclic) bond motifs is 3. The predicted molar refractivity (Wildman–Crippen MR) is 281 cm³/mol. The van der Waals surface area contributed by atoms with Crippen molar-refractivity contribution in [3.8, 4) is 33.4 Å². The van der Waals surface area contributed by atoms with Crippen molar-refractivity contribution in [1.82, 2.24) is 0 Å². The second-order valence-corrected chi connectivity index (χ2v) is 23.0. The van der Waals surface area contributed by atoms with Gasteiger partial charge >= 0.3 is 112 Å². The molecule has 0 saturated heterocycles. The van der Waals surface area contributed by atoms with Gasteiger partial charge in [-0.1, -0.05) is 160 Å². The summed E-state index contributed by atoms with van der Waals surface area (Å²) in [6, 6.07) is 51.3. The Morgan fingerprint density at radius 2 is 0.984 bits per heavy atom. The van der Waals surface area contributed by atoms with Gasteiger partial charge in [-0.15, -0.1) is 60.1 Å². The second-order valence-electron chi connectivity index (χ2n) is 21.3. The summed E-state index contributed by atoms with van der Waals surface area (Å²) < 4.78 is 1.60. The van der Waals surface area contributed by atoms with Crippen LogP contribution in [-0.4, -0.2) is 3.21 Å². The Morgan fingerprint density at radius 3 is 1.39 bits per heavy atom. The van der Waals surface area contributed by atoms with E-state index in [1.54, 1.807) is 27.4 Å². The fraction of sp³-hybridized carbons (Fsp3) is 0.328. The quantitative estimate of drug-likeness (QED) is 0.146. The average molecular weight is 965 g/mol. The van der Waals surface area contributed by atoms with E-state index in [2.05, 4.69) is 229 Å². The molecule has 6 aromatic carbocycles. The number of halogens is 2. The van der Waals surface area contributed by atoms with Gasteiger partial charge in [0.15, 0.2) is 0 Å². The molecule has 0 spiro atoms. The van der Waals surface area contributed by atoms with E-state index < -0.39 is 0 Å². The molecule has 0 nitrogen and oxygen atoms in total. The zero-order valence-electron chi connectivity index (χ0n) is 40.5. The topological polar surface area (TPSA) is 0 Å². The normalized spacial score (nSPS) is 12.7. The van der Waals surface area contributed by atoms with Crippen molar-refractivity contribution in [3.63, 3.8) is 0 Å². The van der Waals surface area contributed by atoms with Gasteiger partial charge < -0.3 is 0 Å². The van der Waals surface area contributed by atoms with Gasteiger partial charge in [0.1, 0.15) is 0 Å². The van der Waals surface area contributed by atoms with Crippen molar-refractivity contribution < 1.29 is 24.2 Å². The summed E-state index contributed by atoms with van der Waals surface area (Å²) in [6.45, 7) is 27.7. The molecule has 0 N–H and O–H groups in total. The minimum atomic E-state index is 0. The molecule has 0 unspecified atom stereocenters. The summed E-state index contributed by atoms with van der Waals surface area (Å²) in [7, 11) is 0. The van der Waals surface area contributed by atoms with E-state index in [-0.39, 0.29) is 46.5 Å². The second kappa shape index (κ2) is 22.1. The first-order chi connectivity index (χ1) is 29.2. The average Bonchev–Trinajstić information content (AvgIpc) is 3.92. The zero-order valence-corrected chi connectivity index (χ0v) is 44.6. The van der Waals surface area contributed by atoms with E-state index in [1.807, 2.05) is 12.2 Å². The van der Waals surface area contributed by atoms with Crippen LogP contribution in [0, 0.1) is 12.1 Å². The van der Waals surface area contributed by atoms with Crippen molar-refractivity contribution in [1.29, 1.82) is 0 Å². The van der Waals surface area contributed by atoms with Gasteiger partial charge in [0, 0.05) is 0 Å². The third-order valence-electron chi connectivity index (χ3n) is 11.9. The first-order valence-electron chi connectivity index (χ1n) is 22.5. The molecule has 0 fully saturated rings. The van der Waals surface area contributed by atoms with Gasteiger partial charge in [-0.2, -0.15) is 6.08 Å². The van der Waals surface area contributed by atoms with Gasteiger partial charge in [-0.25, -0.2) is 12.2 Å². The van der Waals surface area contributed by atoms with Crippen LogP contribution >= 0.6 is 24.8 Å². The summed E-state index contributed by atoms with van der Waals surface area (Å²) in [5.41, 5.74) is 19.3. The molecule has 332 valence electrons. The van der Waals surface area contributed by atoms with Crippen LogP contribution in [0.15, 0.2) is 146 Å². The van der Waals surface area contributed by atoms with E-state index in [1.165, 1.54) is 77.9 Å². The molecular weight excluding hydrogens is 895 g/mol. The molecule has 0 aliphatic heterocycles. The van der Waals surface area contributed by atoms with Gasteiger partial charge in [0.05, 0.1) is 0 Å². The molecule has 0 saturated carbocycles. The van der Waals surface area contributed by atoms with Crippen LogP contribution in [0.3, 0.4) is 0 Å². The Hall–Kier alpha value is -3.87. The SMILES string of the molecule is CC(C)(C)c1ccc(-c2[c-]c3c(cc2C(C)(C)C)-c2cc(C(C)(C)C)c(-c4ccc(C(C)(C)C)cc4)cc2C3)cc1.Cl.Cl.[C-]1=CC=CC1.[Zr+2]=[C](Cc1ccccc1)Cc1ccccc1. The molecule has 0 amide bonds. The molecule has 0 radical (unpaired) electrons. The first kappa shape index (κ1) is 52.8. The summed E-state index contributed by atoms with van der Waals surface area (Å²) in [4.78, 5) is 0. The van der Waals surface area contributed by atoms with Crippen LogP contribution < -0.4 is 0 Å². The van der Waals surface area contributed by atoms with Gasteiger partial charge in [-0.3, -0.25) is 6.08 Å². The van der Waals surface area contributed by atoms with Gasteiger partial charge in [-0.05, 0) is 61.5 Å². The molecule has 2 aliphatic carbocycles. The van der Waals surface area contributed by atoms with Crippen molar-refractivity contribution >= 4 is 28.0 Å². The van der Waals surface area contributed by atoms with Crippen LogP contribution in [0.4, 0.5) is 0 Å². The zero-order chi connectivity index (χ0) is 44.9. The maximum absolute atomic E-state index is 3.96. The van der Waals surface area contributed by atoms with Crippen molar-refractivity contribution in [3.05, 3.63) is 202 Å². The van der Waals surface area contributed by atoms with Crippen LogP contribution in [0.5, 0.6) is 0 Å². The van der Waals surface area contributed by atoms with Gasteiger partial charge in [0.25, 0.3) is 0 Å². The van der Waals surface area contributed by atoms with Gasteiger partial charge in [0.2, 0.25) is 0 Å². The molecule has 8 rings (SSSR count). The maximum atomic E-state index is 3.96. The molecule has 0 heterocycles. The molecule has 0 aromatic heterocycles. The third kappa shape index (κ3) is 13.8. The van der Waals surface area contributed by atoms with Crippen molar-refractivity contribution in [2.45, 2.75) is 130 Å². The monoisotopic (exact) mass is 962 g/mol. The first-order valence-corrected chi connectivity index (χ1v) is 23.8. The summed E-state index contributed by atoms with van der Waals surface area (Å²) >= 11 is 1.55. The minimum absolute atomic E-state index is 0. The van der Waals surface area contributed by atoms with E-state index in [9.17, 15) is 0 Å². The van der Waals surface area contributed by atoms with E-state index in [4.69, 9.17) is 0 Å². The number of benzene rings is 6. The van der Waals surface area contributed by atoms with E-state index in [0.29, 0.717) is 0 Å². The van der Waals surface area contributed by atoms with E-state index >= 15 is 0 Å². The molecule has 2 aliphatic rings. The Balaban J connectivity index is 0.000000321. The summed E-state index contributed by atoms with van der Waals surface area (Å²) in [6.07, 6.45) is 13.2. The Kier molecular flexibility index (Phi) is 18.2. The Bertz CT molecular complexity index is 2340. The van der Waals surface area contributed by atoms with Crippen molar-refractivity contribution in [2.24, 2.45) is 0 Å². The van der Waals surface area contributed by atoms with E-state index in [0.717, 1.165) is 25.7 Å². The number of allylic oxidation sites excluding steroid dienone is 4. The molecule has 0 atom stereocenters. The molecule has 0 bridgehead atoms. The molecular formula is C61H70Cl2Zr. The van der Waals surface area contributed by atoms with Crippen molar-refractivity contribution in [2.75, 3.05) is 0 Å². The standard InChI is InChI=1S/C41H49.C15H14.C5H5.2ClH.Zr/c1-38(2,3)30-17-13-26(14-18-30)34-22-28-21-29-23-35(27-15-19-31(20-16-27)39(4,5)6)37(41(10,11)12)25-33(29)32(28)24-36(34)40(7,8)9;1-3-8-14(9-4-1)12-7-13-15-10-5-2-6-11-15;1-2-4-5-3-1;;;/h13-20,22,24-25H,21H2,1-12H3;1-6,8-11H,12-13H2;1-3H,4H2;2*1H;/q-1;;-1;;;+2. The number of hydrogen-bond acceptors (Lipinski definition) is 0. The van der Waals surface area contributed by atoms with Crippen LogP contribution in [0.25, 0.3) is 33.4 Å². The molecule has 64 heavy (non-hydrogen) atoms. The third-order valence-corrected chi connectivity index (χ3v) is 12.8. The Morgan fingerprint density at radius 1 is 0.516 bits per heavy atom. The fourth-order valence-electron chi connectivity index (χ4n) is 8.25. The van der Waals surface area contributed by atoms with Crippen LogP contribution in [0.1, 0.15) is 134 Å².